The number of hydrogen-bond acceptors (Lipinski definition) is 5. The number of likely N-dealkylation sites (N-methyl/N-ethyl adjacent to an activating group) is 1. The Morgan fingerprint density at radius 3 is 2.37 bits per heavy atom. The molecule has 0 unspecified atom stereocenters. The Morgan fingerprint density at radius 2 is 1.81 bits per heavy atom. The van der Waals surface area contributed by atoms with Crippen LogP contribution in [0.1, 0.15) is 42.5 Å². The molecule has 0 saturated heterocycles. The van der Waals surface area contributed by atoms with Crippen LogP contribution in [-0.4, -0.2) is 33.8 Å². The zero-order valence-corrected chi connectivity index (χ0v) is 15.8. The summed E-state index contributed by atoms with van der Waals surface area (Å²) in [6, 6.07) is 9.27. The van der Waals surface area contributed by atoms with Crippen molar-refractivity contribution in [2.24, 2.45) is 0 Å². The van der Waals surface area contributed by atoms with Crippen molar-refractivity contribution >= 4 is 17.8 Å². The number of aliphatic hydroxyl groups is 1. The number of amides is 1. The van der Waals surface area contributed by atoms with Crippen LogP contribution in [0.4, 0.5) is 0 Å². The molecule has 7 nitrogen and oxygen atoms in total. The van der Waals surface area contributed by atoms with Gasteiger partial charge in [-0.05, 0) is 11.6 Å². The zero-order valence-electron chi connectivity index (χ0n) is 15.8. The van der Waals surface area contributed by atoms with E-state index in [-0.39, 0.29) is 22.5 Å². The molecule has 0 aliphatic rings. The Hall–Kier alpha value is -3.35. The molecule has 0 fully saturated rings. The van der Waals surface area contributed by atoms with Crippen molar-refractivity contribution in [2.45, 2.75) is 26.2 Å². The smallest absolute Gasteiger partial charge is 0.271 e. The molecule has 0 spiro atoms. The summed E-state index contributed by atoms with van der Waals surface area (Å²) in [5.41, 5.74) is 1.23. The highest BCUT2D eigenvalue weighted by Gasteiger charge is 2.27. The molecule has 1 aromatic carbocycles. The second-order valence-electron chi connectivity index (χ2n) is 6.92. The fraction of sp³-hybridized carbons (Fsp3) is 0.250. The van der Waals surface area contributed by atoms with Crippen LogP contribution in [0.25, 0.3) is 6.08 Å². The minimum atomic E-state index is -0.577. The van der Waals surface area contributed by atoms with Crippen molar-refractivity contribution in [3.05, 3.63) is 71.3 Å². The average Bonchev–Trinajstić information content (AvgIpc) is 3.14. The highest BCUT2D eigenvalue weighted by molar-refractivity contribution is 6.11. The number of carbonyl (C=O) groups excluding carboxylic acids is 2. The number of aliphatic hydroxyl groups excluding tert-OH is 1. The minimum absolute atomic E-state index is 0.154. The lowest BCUT2D eigenvalue weighted by Crippen LogP contribution is -2.33. The number of nitrogens with one attached hydrogen (secondary N) is 3. The van der Waals surface area contributed by atoms with E-state index < -0.39 is 11.7 Å². The number of aromatic amines is 1. The third kappa shape index (κ3) is 4.84. The summed E-state index contributed by atoms with van der Waals surface area (Å²) >= 11 is 0. The summed E-state index contributed by atoms with van der Waals surface area (Å²) < 4.78 is 0. The topological polar surface area (TPSA) is 107 Å². The van der Waals surface area contributed by atoms with Crippen molar-refractivity contribution in [3.63, 3.8) is 0 Å². The van der Waals surface area contributed by atoms with Gasteiger partial charge in [0.25, 0.3) is 5.91 Å². The molecule has 0 saturated carbocycles. The van der Waals surface area contributed by atoms with Gasteiger partial charge in [0.15, 0.2) is 0 Å². The molecule has 2 rings (SSSR count). The zero-order chi connectivity index (χ0) is 20.0. The first-order valence-corrected chi connectivity index (χ1v) is 8.46. The molecule has 0 aliphatic carbocycles. The van der Waals surface area contributed by atoms with Crippen molar-refractivity contribution in [3.8, 4) is 0 Å². The van der Waals surface area contributed by atoms with Crippen molar-refractivity contribution < 1.29 is 14.7 Å². The maximum absolute atomic E-state index is 12.7. The summed E-state index contributed by atoms with van der Waals surface area (Å²) in [5, 5.41) is 14.7. The van der Waals surface area contributed by atoms with Gasteiger partial charge in [0.05, 0.1) is 12.0 Å². The van der Waals surface area contributed by atoms with Crippen molar-refractivity contribution in [1.29, 1.82) is 0 Å². The third-order valence-electron chi connectivity index (χ3n) is 3.85. The molecule has 0 aliphatic heterocycles. The summed E-state index contributed by atoms with van der Waals surface area (Å²) in [7, 11) is 1.60. The van der Waals surface area contributed by atoms with E-state index in [0.717, 1.165) is 5.56 Å². The van der Waals surface area contributed by atoms with Gasteiger partial charge in [0.1, 0.15) is 23.4 Å². The third-order valence-corrected chi connectivity index (χ3v) is 3.85. The quantitative estimate of drug-likeness (QED) is 0.356. The molecule has 0 radical (unpaired) electrons. The molecule has 27 heavy (non-hydrogen) atoms. The highest BCUT2D eigenvalue weighted by atomic mass is 16.2. The van der Waals surface area contributed by atoms with E-state index >= 15 is 0 Å². The van der Waals surface area contributed by atoms with Crippen LogP contribution in [0.15, 0.2) is 54.3 Å². The van der Waals surface area contributed by atoms with E-state index in [2.05, 4.69) is 20.6 Å². The van der Waals surface area contributed by atoms with E-state index in [0.29, 0.717) is 12.0 Å². The summed E-state index contributed by atoms with van der Waals surface area (Å²) in [6.45, 7) is 5.79. The number of imidazole rings is 1. The van der Waals surface area contributed by atoms with E-state index in [4.69, 9.17) is 0 Å². The van der Waals surface area contributed by atoms with Crippen LogP contribution < -0.4 is 10.6 Å². The van der Waals surface area contributed by atoms with Gasteiger partial charge < -0.3 is 20.7 Å². The van der Waals surface area contributed by atoms with Crippen LogP contribution in [-0.2, 0) is 10.2 Å². The number of carbonyl (C=O) groups is 2. The Kier molecular flexibility index (Phi) is 6.18. The van der Waals surface area contributed by atoms with Gasteiger partial charge in [-0.2, -0.15) is 0 Å². The Balaban J connectivity index is 2.24. The van der Waals surface area contributed by atoms with E-state index in [9.17, 15) is 14.7 Å². The van der Waals surface area contributed by atoms with E-state index in [1.807, 2.05) is 51.1 Å². The maximum atomic E-state index is 12.7. The van der Waals surface area contributed by atoms with Gasteiger partial charge in [-0.15, -0.1) is 0 Å². The van der Waals surface area contributed by atoms with Gasteiger partial charge >= 0.3 is 0 Å². The molecular weight excluding hydrogens is 344 g/mol. The van der Waals surface area contributed by atoms with Crippen LogP contribution in [0.2, 0.25) is 0 Å². The SMILES string of the molecule is CN/C(=C\c1ccccc1)C(=O)NC(=CO)C(=O)c1nc[nH]c1C(C)(C)C. The van der Waals surface area contributed by atoms with Gasteiger partial charge in [0.2, 0.25) is 5.78 Å². The fourth-order valence-electron chi connectivity index (χ4n) is 2.47. The summed E-state index contributed by atoms with van der Waals surface area (Å²) in [4.78, 5) is 32.3. The lowest BCUT2D eigenvalue weighted by molar-refractivity contribution is -0.117. The summed E-state index contributed by atoms with van der Waals surface area (Å²) in [6.07, 6.45) is 3.64. The molecule has 142 valence electrons. The predicted octanol–water partition coefficient (Wildman–Crippen LogP) is 2.67. The fourth-order valence-corrected chi connectivity index (χ4v) is 2.47. The molecule has 1 heterocycles. The summed E-state index contributed by atoms with van der Waals surface area (Å²) in [5.74, 6) is -1.13. The van der Waals surface area contributed by atoms with E-state index in [1.54, 1.807) is 13.1 Å². The molecular formula is C20H24N4O3. The number of allylic oxidation sites excluding steroid dienone is 1. The molecule has 4 N–H and O–H groups in total. The van der Waals surface area contributed by atoms with E-state index in [1.165, 1.54) is 6.33 Å². The largest absolute Gasteiger partial charge is 0.513 e. The molecule has 0 atom stereocenters. The van der Waals surface area contributed by atoms with Crippen molar-refractivity contribution in [2.75, 3.05) is 7.05 Å². The Bertz CT molecular complexity index is 874. The second-order valence-corrected chi connectivity index (χ2v) is 6.92. The van der Waals surface area contributed by atoms with Gasteiger partial charge in [-0.25, -0.2) is 4.98 Å². The number of rotatable bonds is 6. The molecule has 1 amide bonds. The number of hydrogen-bond donors (Lipinski definition) is 4. The number of H-pyrrole nitrogens is 1. The highest BCUT2D eigenvalue weighted by Crippen LogP contribution is 2.24. The monoisotopic (exact) mass is 368 g/mol. The Morgan fingerprint density at radius 1 is 1.15 bits per heavy atom. The number of nitrogens with zero attached hydrogens (tertiary/aromatic N) is 1. The van der Waals surface area contributed by atoms with Crippen LogP contribution in [0.5, 0.6) is 0 Å². The predicted molar refractivity (Wildman–Crippen MR) is 104 cm³/mol. The maximum Gasteiger partial charge on any atom is 0.271 e. The normalized spacial score (nSPS) is 12.6. The molecule has 1 aromatic heterocycles. The lowest BCUT2D eigenvalue weighted by atomic mass is 9.89. The number of aromatic nitrogens is 2. The number of benzene rings is 1. The molecule has 7 heteroatoms. The average molecular weight is 368 g/mol. The van der Waals surface area contributed by atoms with Gasteiger partial charge in [0, 0.05) is 12.5 Å². The molecule has 0 bridgehead atoms. The van der Waals surface area contributed by atoms with Crippen LogP contribution >= 0.6 is 0 Å². The van der Waals surface area contributed by atoms with Crippen LogP contribution in [0.3, 0.4) is 0 Å². The minimum Gasteiger partial charge on any atom is -0.513 e. The lowest BCUT2D eigenvalue weighted by Gasteiger charge is -2.18. The van der Waals surface area contributed by atoms with Crippen LogP contribution in [0, 0.1) is 0 Å². The molecule has 2 aromatic rings. The second kappa shape index (κ2) is 8.35. The van der Waals surface area contributed by atoms with Crippen molar-refractivity contribution in [1.82, 2.24) is 20.6 Å². The number of ketones is 1. The number of Topliss-reactive ketones (excluding diaryl/α,β-unsaturated/α-hetero) is 1. The first-order valence-electron chi connectivity index (χ1n) is 8.46. The first-order chi connectivity index (χ1) is 12.8. The Labute approximate surface area is 158 Å². The standard InChI is InChI=1S/C20H24N4O3/c1-20(2,3)18-16(22-12-23-18)17(26)15(11-25)24-19(27)14(21-4)10-13-8-6-5-7-9-13/h5-12,21,25H,1-4H3,(H,22,23)(H,24,27)/b14-10-,15-11?. The first kappa shape index (κ1) is 20.0. The van der Waals surface area contributed by atoms with Gasteiger partial charge in [-0.1, -0.05) is 51.1 Å². The van der Waals surface area contributed by atoms with Gasteiger partial charge in [-0.3, -0.25) is 9.59 Å².